The summed E-state index contributed by atoms with van der Waals surface area (Å²) < 4.78 is 43.0. The van der Waals surface area contributed by atoms with Crippen molar-refractivity contribution in [2.75, 3.05) is 12.4 Å². The molecular formula is C13H15BrF3NO2. The van der Waals surface area contributed by atoms with E-state index >= 15 is 0 Å². The third-order valence-corrected chi connectivity index (χ3v) is 3.40. The molecule has 20 heavy (non-hydrogen) atoms. The van der Waals surface area contributed by atoms with Crippen LogP contribution in [0.25, 0.3) is 0 Å². The number of hydrogen-bond donors (Lipinski definition) is 1. The first-order valence-corrected chi connectivity index (χ1v) is 6.66. The van der Waals surface area contributed by atoms with E-state index in [0.717, 1.165) is 12.1 Å². The van der Waals surface area contributed by atoms with Gasteiger partial charge in [-0.3, -0.25) is 4.79 Å². The van der Waals surface area contributed by atoms with Crippen molar-refractivity contribution in [1.82, 2.24) is 0 Å². The van der Waals surface area contributed by atoms with Gasteiger partial charge in [-0.25, -0.2) is 0 Å². The number of nitrogens with one attached hydrogen (secondary N) is 1. The fourth-order valence-electron chi connectivity index (χ4n) is 1.61. The minimum atomic E-state index is -4.42. The van der Waals surface area contributed by atoms with Crippen molar-refractivity contribution >= 4 is 27.6 Å². The number of carbonyl (C=O) groups is 1. The Kier molecular flexibility index (Phi) is 5.44. The predicted octanol–water partition coefficient (Wildman–Crippen LogP) is 4.08. The van der Waals surface area contributed by atoms with Crippen LogP contribution in [0, 0.1) is 5.92 Å². The van der Waals surface area contributed by atoms with Gasteiger partial charge in [-0.15, -0.1) is 0 Å². The van der Waals surface area contributed by atoms with Gasteiger partial charge < -0.3 is 10.1 Å². The third-order valence-electron chi connectivity index (χ3n) is 2.94. The summed E-state index contributed by atoms with van der Waals surface area (Å²) in [4.78, 5) is 11.4. The van der Waals surface area contributed by atoms with E-state index in [1.807, 2.05) is 0 Å². The molecule has 0 saturated heterocycles. The second-order valence-electron chi connectivity index (χ2n) is 4.47. The molecule has 0 saturated carbocycles. The minimum absolute atomic E-state index is 0.287. The van der Waals surface area contributed by atoms with Gasteiger partial charge in [0.1, 0.15) is 0 Å². The molecule has 1 aromatic carbocycles. The Morgan fingerprint density at radius 3 is 2.40 bits per heavy atom. The highest BCUT2D eigenvalue weighted by Gasteiger charge is 2.31. The molecule has 0 spiro atoms. The highest BCUT2D eigenvalue weighted by molar-refractivity contribution is 9.10. The summed E-state index contributed by atoms with van der Waals surface area (Å²) in [5.74, 6) is -0.899. The van der Waals surface area contributed by atoms with Crippen molar-refractivity contribution in [3.8, 4) is 0 Å². The zero-order valence-electron chi connectivity index (χ0n) is 11.2. The Balaban J connectivity index is 2.93. The van der Waals surface area contributed by atoms with E-state index < -0.39 is 23.6 Å². The van der Waals surface area contributed by atoms with E-state index in [1.165, 1.54) is 13.2 Å². The third kappa shape index (κ3) is 4.40. The van der Waals surface area contributed by atoms with Crippen LogP contribution < -0.4 is 5.32 Å². The lowest BCUT2D eigenvalue weighted by atomic mass is 10.0. The maximum atomic E-state index is 12.7. The van der Waals surface area contributed by atoms with Gasteiger partial charge in [0, 0.05) is 16.2 Å². The summed E-state index contributed by atoms with van der Waals surface area (Å²) in [6.45, 7) is 3.35. The lowest BCUT2D eigenvalue weighted by Crippen LogP contribution is -2.30. The summed E-state index contributed by atoms with van der Waals surface area (Å²) in [7, 11) is 1.27. The molecule has 0 radical (unpaired) electrons. The smallest absolute Gasteiger partial charge is 0.416 e. The first-order chi connectivity index (χ1) is 9.15. The number of hydrogen-bond acceptors (Lipinski definition) is 3. The molecule has 112 valence electrons. The lowest BCUT2D eigenvalue weighted by molar-refractivity contribution is -0.145. The van der Waals surface area contributed by atoms with Crippen molar-refractivity contribution in [2.24, 2.45) is 5.92 Å². The molecule has 0 aliphatic rings. The maximum Gasteiger partial charge on any atom is 0.416 e. The molecule has 1 aromatic rings. The second-order valence-corrected chi connectivity index (χ2v) is 5.39. The molecule has 1 N–H and O–H groups in total. The fraction of sp³-hybridized carbons (Fsp3) is 0.462. The second kappa shape index (κ2) is 6.47. The maximum absolute atomic E-state index is 12.7. The predicted molar refractivity (Wildman–Crippen MR) is 73.4 cm³/mol. The molecule has 3 nitrogen and oxygen atoms in total. The van der Waals surface area contributed by atoms with Gasteiger partial charge >= 0.3 is 12.1 Å². The molecule has 2 unspecified atom stereocenters. The number of esters is 1. The SMILES string of the molecule is COC(=O)C(C)C(C)Nc1cc(Br)cc(C(F)(F)F)c1. The molecule has 0 bridgehead atoms. The molecule has 0 fully saturated rings. The van der Waals surface area contributed by atoms with Crippen LogP contribution in [0.4, 0.5) is 18.9 Å². The Morgan fingerprint density at radius 2 is 1.90 bits per heavy atom. The van der Waals surface area contributed by atoms with Gasteiger partial charge in [0.2, 0.25) is 0 Å². The van der Waals surface area contributed by atoms with Crippen LogP contribution in [0.3, 0.4) is 0 Å². The largest absolute Gasteiger partial charge is 0.469 e. The van der Waals surface area contributed by atoms with Crippen molar-refractivity contribution < 1.29 is 22.7 Å². The first kappa shape index (κ1) is 16.8. The average molecular weight is 354 g/mol. The van der Waals surface area contributed by atoms with Crippen LogP contribution in [0.2, 0.25) is 0 Å². The van der Waals surface area contributed by atoms with E-state index in [1.54, 1.807) is 13.8 Å². The van der Waals surface area contributed by atoms with Gasteiger partial charge in [0.25, 0.3) is 0 Å². The summed E-state index contributed by atoms with van der Waals surface area (Å²) in [6.07, 6.45) is -4.42. The van der Waals surface area contributed by atoms with Crippen LogP contribution in [0.15, 0.2) is 22.7 Å². The highest BCUT2D eigenvalue weighted by atomic mass is 79.9. The molecule has 2 atom stereocenters. The molecular weight excluding hydrogens is 339 g/mol. The molecule has 7 heteroatoms. The number of ether oxygens (including phenoxy) is 1. The van der Waals surface area contributed by atoms with E-state index in [0.29, 0.717) is 4.47 Å². The van der Waals surface area contributed by atoms with Gasteiger partial charge in [-0.2, -0.15) is 13.2 Å². The van der Waals surface area contributed by atoms with Crippen LogP contribution in [0.1, 0.15) is 19.4 Å². The molecule has 0 aliphatic heterocycles. The van der Waals surface area contributed by atoms with Crippen LogP contribution in [-0.4, -0.2) is 19.1 Å². The van der Waals surface area contributed by atoms with E-state index in [-0.39, 0.29) is 11.7 Å². The average Bonchev–Trinajstić information content (AvgIpc) is 2.35. The van der Waals surface area contributed by atoms with Crippen molar-refractivity contribution in [3.05, 3.63) is 28.2 Å². The molecule has 0 heterocycles. The summed E-state index contributed by atoms with van der Waals surface area (Å²) >= 11 is 3.04. The normalized spacial score (nSPS) is 14.6. The van der Waals surface area contributed by atoms with E-state index in [9.17, 15) is 18.0 Å². The lowest BCUT2D eigenvalue weighted by Gasteiger charge is -2.21. The number of anilines is 1. The minimum Gasteiger partial charge on any atom is -0.469 e. The van der Waals surface area contributed by atoms with E-state index in [2.05, 4.69) is 26.0 Å². The fourth-order valence-corrected chi connectivity index (χ4v) is 2.11. The standard InChI is InChI=1S/C13H15BrF3NO2/c1-7(12(19)20-3)8(2)18-11-5-9(13(15,16)17)4-10(14)6-11/h4-8,18H,1-3H3. The number of alkyl halides is 3. The van der Waals surface area contributed by atoms with Gasteiger partial charge in [0.15, 0.2) is 0 Å². The summed E-state index contributed by atoms with van der Waals surface area (Å²) in [5.41, 5.74) is -0.470. The van der Waals surface area contributed by atoms with Crippen molar-refractivity contribution in [2.45, 2.75) is 26.1 Å². The first-order valence-electron chi connectivity index (χ1n) is 5.87. The molecule has 0 amide bonds. The van der Waals surface area contributed by atoms with Gasteiger partial charge in [0.05, 0.1) is 18.6 Å². The Morgan fingerprint density at radius 1 is 1.30 bits per heavy atom. The zero-order valence-corrected chi connectivity index (χ0v) is 12.8. The Bertz CT molecular complexity index is 491. The topological polar surface area (TPSA) is 38.3 Å². The van der Waals surface area contributed by atoms with Crippen molar-refractivity contribution in [3.63, 3.8) is 0 Å². The highest BCUT2D eigenvalue weighted by Crippen LogP contribution is 2.33. The number of halogens is 4. The van der Waals surface area contributed by atoms with Crippen LogP contribution >= 0.6 is 15.9 Å². The van der Waals surface area contributed by atoms with Crippen molar-refractivity contribution in [1.29, 1.82) is 0 Å². The quantitative estimate of drug-likeness (QED) is 0.829. The number of methoxy groups -OCH3 is 1. The molecule has 0 aromatic heterocycles. The number of benzene rings is 1. The molecule has 0 aliphatic carbocycles. The number of rotatable bonds is 4. The summed E-state index contributed by atoms with van der Waals surface area (Å²) in [6, 6.07) is 3.17. The van der Waals surface area contributed by atoms with Gasteiger partial charge in [-0.1, -0.05) is 15.9 Å². The zero-order chi connectivity index (χ0) is 15.5. The van der Waals surface area contributed by atoms with Gasteiger partial charge in [-0.05, 0) is 32.0 Å². The molecule has 1 rings (SSSR count). The summed E-state index contributed by atoms with van der Waals surface area (Å²) in [5, 5.41) is 2.88. The van der Waals surface area contributed by atoms with E-state index in [4.69, 9.17) is 0 Å². The Labute approximate surface area is 123 Å². The monoisotopic (exact) mass is 353 g/mol. The number of carbonyl (C=O) groups excluding carboxylic acids is 1. The van der Waals surface area contributed by atoms with Crippen LogP contribution in [0.5, 0.6) is 0 Å². The Hall–Kier alpha value is -1.24. The van der Waals surface area contributed by atoms with Crippen LogP contribution in [-0.2, 0) is 15.7 Å².